The molecule has 1 aliphatic carbocycles. The Hall–Kier alpha value is -0.820. The zero-order valence-electron chi connectivity index (χ0n) is 10.9. The van der Waals surface area contributed by atoms with Gasteiger partial charge in [-0.2, -0.15) is 0 Å². The van der Waals surface area contributed by atoms with Crippen LogP contribution in [0, 0.1) is 12.8 Å². The summed E-state index contributed by atoms with van der Waals surface area (Å²) in [7, 11) is 0. The monoisotopic (exact) mass is 231 g/mol. The summed E-state index contributed by atoms with van der Waals surface area (Å²) in [4.78, 5) is 0. The lowest BCUT2D eigenvalue weighted by molar-refractivity contribution is 0.282. The van der Waals surface area contributed by atoms with Crippen LogP contribution in [-0.2, 0) is 6.42 Å². The third kappa shape index (κ3) is 3.32. The maximum atomic E-state index is 9.24. The van der Waals surface area contributed by atoms with Crippen molar-refractivity contribution >= 4 is 0 Å². The number of aliphatic hydroxyl groups excluding tert-OH is 1. The van der Waals surface area contributed by atoms with Gasteiger partial charge in [0.2, 0.25) is 0 Å². The Morgan fingerprint density at radius 2 is 2.00 bits per heavy atom. The molecule has 1 unspecified atom stereocenters. The quantitative estimate of drug-likeness (QED) is 0.819. The number of aliphatic hydroxyl groups is 1. The molecule has 1 fully saturated rings. The summed E-state index contributed by atoms with van der Waals surface area (Å²) < 4.78 is 0. The number of hydrogen-bond donors (Lipinski definition) is 1. The average Bonchev–Trinajstić information content (AvgIpc) is 3.10. The van der Waals surface area contributed by atoms with E-state index in [4.69, 9.17) is 0 Å². The van der Waals surface area contributed by atoms with Crippen LogP contribution in [0.4, 0.5) is 0 Å². The molecule has 1 saturated carbocycles. The van der Waals surface area contributed by atoms with Crippen molar-refractivity contribution in [3.05, 3.63) is 41.8 Å². The van der Waals surface area contributed by atoms with Gasteiger partial charge in [0.25, 0.3) is 0 Å². The normalized spacial score (nSPS) is 17.5. The predicted molar refractivity (Wildman–Crippen MR) is 72.1 cm³/mol. The largest absolute Gasteiger partial charge is 0.396 e. The lowest BCUT2D eigenvalue weighted by atomic mass is 9.92. The summed E-state index contributed by atoms with van der Waals surface area (Å²) in [5.41, 5.74) is 4.06. The van der Waals surface area contributed by atoms with Gasteiger partial charge in [0, 0.05) is 12.5 Å². The van der Waals surface area contributed by atoms with Gasteiger partial charge in [-0.15, -0.1) is 0 Å². The molecule has 1 radical (unpaired) electrons. The van der Waals surface area contributed by atoms with Gasteiger partial charge in [-0.25, -0.2) is 0 Å². The fourth-order valence-electron chi connectivity index (χ4n) is 2.33. The molecule has 17 heavy (non-hydrogen) atoms. The SMILES string of the molecule is [CH2]C(CO)c1cc(CC(C)C)cc(C2CC2)c1. The molecule has 0 aromatic heterocycles. The van der Waals surface area contributed by atoms with Crippen molar-refractivity contribution in [2.75, 3.05) is 6.61 Å². The van der Waals surface area contributed by atoms with Crippen molar-refractivity contribution in [3.63, 3.8) is 0 Å². The molecule has 1 aromatic rings. The molecular weight excluding hydrogens is 208 g/mol. The van der Waals surface area contributed by atoms with Gasteiger partial charge < -0.3 is 5.11 Å². The fourth-order valence-corrected chi connectivity index (χ4v) is 2.33. The molecule has 1 nitrogen and oxygen atoms in total. The van der Waals surface area contributed by atoms with Gasteiger partial charge in [0.15, 0.2) is 0 Å². The van der Waals surface area contributed by atoms with E-state index in [2.05, 4.69) is 39.0 Å². The second kappa shape index (κ2) is 5.22. The van der Waals surface area contributed by atoms with E-state index in [0.29, 0.717) is 5.92 Å². The molecule has 1 atom stereocenters. The summed E-state index contributed by atoms with van der Waals surface area (Å²) in [6.07, 6.45) is 3.77. The highest BCUT2D eigenvalue weighted by Crippen LogP contribution is 2.41. The first-order chi connectivity index (χ1) is 8.10. The van der Waals surface area contributed by atoms with Crippen LogP contribution >= 0.6 is 0 Å². The first-order valence-corrected chi connectivity index (χ1v) is 6.68. The maximum absolute atomic E-state index is 9.24. The Balaban J connectivity index is 2.28. The topological polar surface area (TPSA) is 20.2 Å². The number of rotatable bonds is 5. The van der Waals surface area contributed by atoms with Gasteiger partial charge in [0.1, 0.15) is 0 Å². The van der Waals surface area contributed by atoms with E-state index in [-0.39, 0.29) is 12.5 Å². The Morgan fingerprint density at radius 1 is 1.29 bits per heavy atom. The van der Waals surface area contributed by atoms with Crippen LogP contribution in [0.2, 0.25) is 0 Å². The smallest absolute Gasteiger partial charge is 0.0499 e. The Labute approximate surface area is 105 Å². The molecule has 1 N–H and O–H groups in total. The lowest BCUT2D eigenvalue weighted by Gasteiger charge is -2.14. The lowest BCUT2D eigenvalue weighted by Crippen LogP contribution is -2.03. The van der Waals surface area contributed by atoms with Crippen molar-refractivity contribution in [2.45, 2.75) is 44.9 Å². The van der Waals surface area contributed by atoms with Crippen molar-refractivity contribution in [1.29, 1.82) is 0 Å². The fraction of sp³-hybridized carbons (Fsp3) is 0.562. The summed E-state index contributed by atoms with van der Waals surface area (Å²) in [6.45, 7) is 8.65. The first kappa shape index (κ1) is 12.6. The molecule has 1 aromatic carbocycles. The number of benzene rings is 1. The van der Waals surface area contributed by atoms with Gasteiger partial charge in [0.05, 0.1) is 0 Å². The molecule has 1 heteroatoms. The standard InChI is InChI=1S/C16H23O/c1-11(2)6-13-7-15(12(3)10-17)9-16(8-13)14-4-5-14/h7-9,11-12,14,17H,3-6,10H2,1-2H3. The number of hydrogen-bond acceptors (Lipinski definition) is 1. The molecule has 0 saturated heterocycles. The zero-order valence-corrected chi connectivity index (χ0v) is 10.9. The van der Waals surface area contributed by atoms with E-state index in [1.807, 2.05) is 0 Å². The first-order valence-electron chi connectivity index (χ1n) is 6.68. The molecule has 93 valence electrons. The Morgan fingerprint density at radius 3 is 2.53 bits per heavy atom. The molecule has 0 heterocycles. The van der Waals surface area contributed by atoms with Crippen LogP contribution in [0.3, 0.4) is 0 Å². The minimum absolute atomic E-state index is 0.0135. The van der Waals surface area contributed by atoms with E-state index in [9.17, 15) is 5.11 Å². The minimum Gasteiger partial charge on any atom is -0.396 e. The molecule has 1 aliphatic rings. The summed E-state index contributed by atoms with van der Waals surface area (Å²) in [5.74, 6) is 1.46. The molecule has 0 amide bonds. The molecule has 0 aliphatic heterocycles. The highest BCUT2D eigenvalue weighted by Gasteiger charge is 2.24. The van der Waals surface area contributed by atoms with Gasteiger partial charge >= 0.3 is 0 Å². The summed E-state index contributed by atoms with van der Waals surface area (Å²) in [6, 6.07) is 6.82. The second-order valence-electron chi connectivity index (χ2n) is 5.76. The van der Waals surface area contributed by atoms with Crippen LogP contribution in [0.25, 0.3) is 0 Å². The highest BCUT2D eigenvalue weighted by molar-refractivity contribution is 5.36. The van der Waals surface area contributed by atoms with Crippen molar-refractivity contribution in [1.82, 2.24) is 0 Å². The van der Waals surface area contributed by atoms with Crippen molar-refractivity contribution in [3.8, 4) is 0 Å². The van der Waals surface area contributed by atoms with Gasteiger partial charge in [-0.05, 0) is 54.7 Å². The van der Waals surface area contributed by atoms with E-state index < -0.39 is 0 Å². The zero-order chi connectivity index (χ0) is 12.4. The third-order valence-electron chi connectivity index (χ3n) is 3.42. The van der Waals surface area contributed by atoms with Crippen LogP contribution in [0.1, 0.15) is 55.2 Å². The highest BCUT2D eigenvalue weighted by atomic mass is 16.3. The second-order valence-corrected chi connectivity index (χ2v) is 5.76. The molecule has 0 spiro atoms. The van der Waals surface area contributed by atoms with E-state index in [1.165, 1.54) is 29.5 Å². The van der Waals surface area contributed by atoms with Gasteiger partial charge in [-0.1, -0.05) is 32.0 Å². The Bertz CT molecular complexity index is 377. The van der Waals surface area contributed by atoms with Crippen molar-refractivity contribution < 1.29 is 5.11 Å². The Kier molecular flexibility index (Phi) is 3.88. The van der Waals surface area contributed by atoms with E-state index in [1.54, 1.807) is 0 Å². The molecular formula is C16H23O. The van der Waals surface area contributed by atoms with Crippen LogP contribution in [0.5, 0.6) is 0 Å². The average molecular weight is 231 g/mol. The van der Waals surface area contributed by atoms with Gasteiger partial charge in [-0.3, -0.25) is 0 Å². The van der Waals surface area contributed by atoms with Crippen molar-refractivity contribution in [2.24, 2.45) is 5.92 Å². The molecule has 2 rings (SSSR count). The summed E-state index contributed by atoms with van der Waals surface area (Å²) >= 11 is 0. The van der Waals surface area contributed by atoms with Crippen LogP contribution in [0.15, 0.2) is 18.2 Å². The van der Waals surface area contributed by atoms with E-state index in [0.717, 1.165) is 12.3 Å². The summed E-state index contributed by atoms with van der Waals surface area (Å²) in [5, 5.41) is 9.24. The van der Waals surface area contributed by atoms with Crippen LogP contribution in [-0.4, -0.2) is 11.7 Å². The van der Waals surface area contributed by atoms with Crippen LogP contribution < -0.4 is 0 Å². The predicted octanol–water partition coefficient (Wildman–Crippen LogP) is 3.67. The molecule has 0 bridgehead atoms. The minimum atomic E-state index is 0.0135. The van der Waals surface area contributed by atoms with E-state index >= 15 is 0 Å². The maximum Gasteiger partial charge on any atom is 0.0499 e. The third-order valence-corrected chi connectivity index (χ3v) is 3.42.